The number of ether oxygens (including phenoxy) is 1. The average Bonchev–Trinajstić information content (AvgIpc) is 3.08. The first-order valence-corrected chi connectivity index (χ1v) is 9.07. The first-order valence-electron chi connectivity index (χ1n) is 6.04. The smallest absolute Gasteiger partial charge is 0.364 e. The molecule has 0 amide bonds. The standard InChI is InChI=1S/C10H14O8P2/c1-2-7-5-10(17-9(7)3-4-9)6-8(10)16-20(14,15)18-19(11,12)13/h1,7-8H,3-6H2,(H,14,15)(H2,11,12,13)/t7-,8-,10?/m0/s1. The maximum atomic E-state index is 11.5. The lowest BCUT2D eigenvalue weighted by atomic mass is 9.98. The van der Waals surface area contributed by atoms with Crippen molar-refractivity contribution in [1.82, 2.24) is 0 Å². The van der Waals surface area contributed by atoms with Crippen LogP contribution in [0.4, 0.5) is 0 Å². The third kappa shape index (κ3) is 2.61. The molecule has 0 aromatic carbocycles. The second-order valence-corrected chi connectivity index (χ2v) is 8.28. The van der Waals surface area contributed by atoms with E-state index in [9.17, 15) is 14.0 Å². The van der Waals surface area contributed by atoms with Crippen molar-refractivity contribution < 1.29 is 37.4 Å². The first-order chi connectivity index (χ1) is 9.10. The predicted octanol–water partition coefficient (Wildman–Crippen LogP) is 0.926. The van der Waals surface area contributed by atoms with Gasteiger partial charge in [-0.3, -0.25) is 4.52 Å². The largest absolute Gasteiger partial charge is 0.481 e. The Labute approximate surface area is 115 Å². The molecule has 3 N–H and O–H groups in total. The fourth-order valence-electron chi connectivity index (χ4n) is 2.86. The number of rotatable bonds is 4. The van der Waals surface area contributed by atoms with E-state index in [0.29, 0.717) is 12.8 Å². The van der Waals surface area contributed by atoms with Crippen molar-refractivity contribution in [2.24, 2.45) is 5.92 Å². The maximum absolute atomic E-state index is 11.5. The van der Waals surface area contributed by atoms with Crippen molar-refractivity contribution in [2.45, 2.75) is 43.0 Å². The van der Waals surface area contributed by atoms with Crippen LogP contribution < -0.4 is 0 Å². The molecule has 10 heteroatoms. The van der Waals surface area contributed by atoms with Crippen LogP contribution in [0.15, 0.2) is 0 Å². The highest BCUT2D eigenvalue weighted by Crippen LogP contribution is 2.68. The molecule has 0 bridgehead atoms. The molecule has 8 nitrogen and oxygen atoms in total. The van der Waals surface area contributed by atoms with Crippen LogP contribution in [0.1, 0.15) is 25.7 Å². The number of phosphoric ester groups is 1. The lowest BCUT2D eigenvalue weighted by molar-refractivity contribution is -0.0182. The SMILES string of the molecule is C#C[C@H]1CC2(C[C@@H]2OP(=O)(O)OP(=O)(O)O)OC12CC2. The third-order valence-corrected chi connectivity index (χ3v) is 6.16. The predicted molar refractivity (Wildman–Crippen MR) is 65.2 cm³/mol. The molecule has 1 heterocycles. The van der Waals surface area contributed by atoms with Crippen molar-refractivity contribution in [3.63, 3.8) is 0 Å². The van der Waals surface area contributed by atoms with Gasteiger partial charge in [-0.2, -0.15) is 4.31 Å². The molecule has 2 saturated carbocycles. The number of terminal acetylenes is 1. The highest BCUT2D eigenvalue weighted by atomic mass is 31.3. The summed E-state index contributed by atoms with van der Waals surface area (Å²) in [6, 6.07) is 0. The molecular formula is C10H14O8P2. The molecule has 0 radical (unpaired) electrons. The van der Waals surface area contributed by atoms with E-state index in [1.807, 2.05) is 0 Å². The molecular weight excluding hydrogens is 310 g/mol. The summed E-state index contributed by atoms with van der Waals surface area (Å²) in [6.07, 6.45) is 7.30. The zero-order valence-electron chi connectivity index (χ0n) is 10.3. The lowest BCUT2D eigenvalue weighted by Crippen LogP contribution is -2.19. The minimum absolute atomic E-state index is 0.0584. The number of hydrogen-bond acceptors (Lipinski definition) is 5. The minimum atomic E-state index is -5.10. The fourth-order valence-corrected chi connectivity index (χ4v) is 4.68. The van der Waals surface area contributed by atoms with Crippen LogP contribution in [0.2, 0.25) is 0 Å². The van der Waals surface area contributed by atoms with Crippen molar-refractivity contribution in [1.29, 1.82) is 0 Å². The van der Waals surface area contributed by atoms with Crippen molar-refractivity contribution in [3.05, 3.63) is 0 Å². The Kier molecular flexibility index (Phi) is 3.06. The van der Waals surface area contributed by atoms with Crippen molar-refractivity contribution in [2.75, 3.05) is 0 Å². The van der Waals surface area contributed by atoms with Crippen LogP contribution in [-0.2, 0) is 22.7 Å². The van der Waals surface area contributed by atoms with Crippen molar-refractivity contribution in [3.8, 4) is 12.3 Å². The van der Waals surface area contributed by atoms with Crippen LogP contribution in [0, 0.1) is 18.3 Å². The van der Waals surface area contributed by atoms with E-state index >= 15 is 0 Å². The van der Waals surface area contributed by atoms with Gasteiger partial charge in [-0.1, -0.05) is 0 Å². The number of phosphoric acid groups is 2. The van der Waals surface area contributed by atoms with Gasteiger partial charge in [0.05, 0.1) is 17.1 Å². The highest BCUT2D eigenvalue weighted by Gasteiger charge is 2.72. The van der Waals surface area contributed by atoms with Gasteiger partial charge in [0.15, 0.2) is 0 Å². The van der Waals surface area contributed by atoms with Crippen LogP contribution in [0.3, 0.4) is 0 Å². The van der Waals surface area contributed by atoms with Gasteiger partial charge in [0.1, 0.15) is 6.10 Å². The second kappa shape index (κ2) is 4.16. The summed E-state index contributed by atoms with van der Waals surface area (Å²) in [4.78, 5) is 26.4. The molecule has 2 spiro atoms. The van der Waals surface area contributed by atoms with E-state index in [1.54, 1.807) is 0 Å². The molecule has 0 aromatic heterocycles. The van der Waals surface area contributed by atoms with Gasteiger partial charge in [0, 0.05) is 6.42 Å². The Morgan fingerprint density at radius 3 is 2.30 bits per heavy atom. The molecule has 1 aliphatic heterocycles. The first kappa shape index (κ1) is 14.7. The maximum Gasteiger partial charge on any atom is 0.481 e. The molecule has 3 aliphatic rings. The monoisotopic (exact) mass is 324 g/mol. The summed E-state index contributed by atoms with van der Waals surface area (Å²) < 4.78 is 36.5. The van der Waals surface area contributed by atoms with Gasteiger partial charge >= 0.3 is 15.6 Å². The van der Waals surface area contributed by atoms with E-state index < -0.39 is 27.4 Å². The molecule has 2 unspecified atom stereocenters. The normalized spacial score (nSPS) is 40.5. The zero-order chi connectivity index (χ0) is 14.8. The van der Waals surface area contributed by atoms with Gasteiger partial charge in [-0.15, -0.1) is 12.3 Å². The third-order valence-electron chi connectivity index (χ3n) is 3.96. The Bertz CT molecular complexity index is 572. The van der Waals surface area contributed by atoms with E-state index in [0.717, 1.165) is 12.8 Å². The Balaban J connectivity index is 1.64. The Morgan fingerprint density at radius 1 is 1.20 bits per heavy atom. The van der Waals surface area contributed by atoms with E-state index in [-0.39, 0.29) is 11.5 Å². The summed E-state index contributed by atoms with van der Waals surface area (Å²) in [5.74, 6) is 2.61. The fraction of sp³-hybridized carbons (Fsp3) is 0.800. The van der Waals surface area contributed by atoms with Gasteiger partial charge < -0.3 is 19.4 Å². The average molecular weight is 324 g/mol. The van der Waals surface area contributed by atoms with E-state index in [1.165, 1.54) is 0 Å². The molecule has 1 saturated heterocycles. The molecule has 112 valence electrons. The van der Waals surface area contributed by atoms with Gasteiger partial charge in [-0.05, 0) is 19.3 Å². The van der Waals surface area contributed by atoms with Crippen LogP contribution in [0.5, 0.6) is 0 Å². The molecule has 3 fully saturated rings. The summed E-state index contributed by atoms with van der Waals surface area (Å²) in [5, 5.41) is 0. The van der Waals surface area contributed by atoms with Crippen molar-refractivity contribution >= 4 is 15.6 Å². The highest BCUT2D eigenvalue weighted by molar-refractivity contribution is 7.60. The topological polar surface area (TPSA) is 123 Å². The van der Waals surface area contributed by atoms with Crippen LogP contribution in [0.25, 0.3) is 0 Å². The minimum Gasteiger partial charge on any atom is -0.364 e. The van der Waals surface area contributed by atoms with Gasteiger partial charge in [0.2, 0.25) is 0 Å². The Hall–Kier alpha value is -0.220. The summed E-state index contributed by atoms with van der Waals surface area (Å²) in [5.41, 5.74) is -1.05. The molecule has 2 aliphatic carbocycles. The molecule has 4 atom stereocenters. The second-order valence-electron chi connectivity index (χ2n) is 5.49. The van der Waals surface area contributed by atoms with Crippen LogP contribution in [-0.4, -0.2) is 32.0 Å². The summed E-state index contributed by atoms with van der Waals surface area (Å²) >= 11 is 0. The van der Waals surface area contributed by atoms with Crippen LogP contribution >= 0.6 is 15.6 Å². The zero-order valence-corrected chi connectivity index (χ0v) is 12.1. The molecule has 20 heavy (non-hydrogen) atoms. The van der Waals surface area contributed by atoms with Gasteiger partial charge in [0.25, 0.3) is 0 Å². The van der Waals surface area contributed by atoms with E-state index in [4.69, 9.17) is 25.5 Å². The molecule has 0 aromatic rings. The summed E-state index contributed by atoms with van der Waals surface area (Å²) in [7, 11) is -9.93. The molecule has 3 rings (SSSR count). The van der Waals surface area contributed by atoms with Gasteiger partial charge in [-0.25, -0.2) is 9.13 Å². The summed E-state index contributed by atoms with van der Waals surface area (Å²) in [6.45, 7) is 0. The Morgan fingerprint density at radius 2 is 1.85 bits per heavy atom. The number of hydrogen-bond donors (Lipinski definition) is 3. The quantitative estimate of drug-likeness (QED) is 0.515. The lowest BCUT2D eigenvalue weighted by Gasteiger charge is -2.15. The van der Waals surface area contributed by atoms with E-state index in [2.05, 4.69) is 10.2 Å².